The van der Waals surface area contributed by atoms with E-state index in [1.54, 1.807) is 0 Å². The first kappa shape index (κ1) is 10.0. The van der Waals surface area contributed by atoms with E-state index in [4.69, 9.17) is 0 Å². The predicted molar refractivity (Wildman–Crippen MR) is 48.1 cm³/mol. The molecule has 0 heterocycles. The summed E-state index contributed by atoms with van der Waals surface area (Å²) in [4.78, 5) is 0. The summed E-state index contributed by atoms with van der Waals surface area (Å²) in [7, 11) is 0. The maximum Gasteiger partial charge on any atom is -0.0383 e. The van der Waals surface area contributed by atoms with Crippen LogP contribution in [0, 0.1) is 11.3 Å². The van der Waals surface area contributed by atoms with Gasteiger partial charge in [-0.05, 0) is 17.8 Å². The van der Waals surface area contributed by atoms with Crippen LogP contribution >= 0.6 is 0 Å². The highest BCUT2D eigenvalue weighted by atomic mass is 14.2. The Balaban J connectivity index is 3.36. The fraction of sp³-hybridized carbons (Fsp3) is 1.00. The van der Waals surface area contributed by atoms with Crippen LogP contribution < -0.4 is 0 Å². The van der Waals surface area contributed by atoms with Gasteiger partial charge in [-0.2, -0.15) is 0 Å². The standard InChI is InChI=1S/C10H22/c1-6-9(2)7-8-10(3,4)5/h9H,6-8H2,1-5H3/t9-/m0/s1. The number of rotatable bonds is 3. The summed E-state index contributed by atoms with van der Waals surface area (Å²) < 4.78 is 0. The van der Waals surface area contributed by atoms with Gasteiger partial charge in [0.15, 0.2) is 0 Å². The van der Waals surface area contributed by atoms with Gasteiger partial charge in [0.25, 0.3) is 0 Å². The van der Waals surface area contributed by atoms with Crippen molar-refractivity contribution < 1.29 is 0 Å². The van der Waals surface area contributed by atoms with Crippen molar-refractivity contribution >= 4 is 0 Å². The molecule has 0 saturated carbocycles. The van der Waals surface area contributed by atoms with Gasteiger partial charge in [-0.15, -0.1) is 0 Å². The maximum atomic E-state index is 2.34. The van der Waals surface area contributed by atoms with E-state index in [1.807, 2.05) is 0 Å². The van der Waals surface area contributed by atoms with Crippen LogP contribution in [0.2, 0.25) is 0 Å². The second kappa shape index (κ2) is 4.00. The molecule has 10 heavy (non-hydrogen) atoms. The summed E-state index contributed by atoms with van der Waals surface area (Å²) in [5.41, 5.74) is 0.531. The molecule has 0 radical (unpaired) electrons. The molecule has 0 aromatic carbocycles. The molecule has 1 atom stereocenters. The average Bonchev–Trinajstić information content (AvgIpc) is 1.81. The lowest BCUT2D eigenvalue weighted by Gasteiger charge is -2.19. The van der Waals surface area contributed by atoms with Gasteiger partial charge in [-0.25, -0.2) is 0 Å². The first-order chi connectivity index (χ1) is 4.45. The normalized spacial score (nSPS) is 15.3. The van der Waals surface area contributed by atoms with Gasteiger partial charge >= 0.3 is 0 Å². The molecule has 0 N–H and O–H groups in total. The van der Waals surface area contributed by atoms with Crippen LogP contribution in [0.25, 0.3) is 0 Å². The van der Waals surface area contributed by atoms with Crippen LogP contribution in [0.5, 0.6) is 0 Å². The molecule has 0 unspecified atom stereocenters. The topological polar surface area (TPSA) is 0 Å². The zero-order chi connectivity index (χ0) is 8.20. The van der Waals surface area contributed by atoms with Crippen LogP contribution in [0.1, 0.15) is 53.9 Å². The van der Waals surface area contributed by atoms with Gasteiger partial charge in [-0.3, -0.25) is 0 Å². The molecular formula is C10H22. The van der Waals surface area contributed by atoms with Crippen LogP contribution in [0.15, 0.2) is 0 Å². The minimum absolute atomic E-state index is 0.531. The minimum Gasteiger partial charge on any atom is -0.0651 e. The summed E-state index contributed by atoms with van der Waals surface area (Å²) in [6, 6.07) is 0. The number of hydrogen-bond acceptors (Lipinski definition) is 0. The lowest BCUT2D eigenvalue weighted by Crippen LogP contribution is -2.06. The second-order valence-electron chi connectivity index (χ2n) is 4.61. The maximum absolute atomic E-state index is 2.34. The summed E-state index contributed by atoms with van der Waals surface area (Å²) in [5, 5.41) is 0. The molecule has 0 aromatic rings. The van der Waals surface area contributed by atoms with E-state index in [-0.39, 0.29) is 0 Å². The Labute approximate surface area is 66.0 Å². The van der Waals surface area contributed by atoms with E-state index in [0.717, 1.165) is 5.92 Å². The summed E-state index contributed by atoms with van der Waals surface area (Å²) >= 11 is 0. The lowest BCUT2D eigenvalue weighted by molar-refractivity contribution is 0.327. The van der Waals surface area contributed by atoms with Crippen LogP contribution in [-0.2, 0) is 0 Å². The van der Waals surface area contributed by atoms with E-state index in [1.165, 1.54) is 19.3 Å². The van der Waals surface area contributed by atoms with Gasteiger partial charge in [0, 0.05) is 0 Å². The van der Waals surface area contributed by atoms with E-state index < -0.39 is 0 Å². The number of hydrogen-bond donors (Lipinski definition) is 0. The minimum atomic E-state index is 0.531. The smallest absolute Gasteiger partial charge is 0.0383 e. The molecule has 0 aromatic heterocycles. The van der Waals surface area contributed by atoms with Crippen LogP contribution in [-0.4, -0.2) is 0 Å². The first-order valence-electron chi connectivity index (χ1n) is 4.45. The zero-order valence-electron chi connectivity index (χ0n) is 8.20. The Hall–Kier alpha value is 0. The highest BCUT2D eigenvalue weighted by Gasteiger charge is 2.10. The monoisotopic (exact) mass is 142 g/mol. The molecule has 0 nitrogen and oxygen atoms in total. The zero-order valence-corrected chi connectivity index (χ0v) is 8.20. The van der Waals surface area contributed by atoms with Crippen molar-refractivity contribution in [3.8, 4) is 0 Å². The van der Waals surface area contributed by atoms with Gasteiger partial charge < -0.3 is 0 Å². The van der Waals surface area contributed by atoms with Gasteiger partial charge in [0.2, 0.25) is 0 Å². The quantitative estimate of drug-likeness (QED) is 0.561. The Morgan fingerprint density at radius 3 is 2.00 bits per heavy atom. The van der Waals surface area contributed by atoms with Gasteiger partial charge in [-0.1, -0.05) is 47.5 Å². The molecule has 0 amide bonds. The van der Waals surface area contributed by atoms with E-state index in [2.05, 4.69) is 34.6 Å². The highest BCUT2D eigenvalue weighted by Crippen LogP contribution is 2.24. The predicted octanol–water partition coefficient (Wildman–Crippen LogP) is 3.86. The van der Waals surface area contributed by atoms with Crippen molar-refractivity contribution in [2.24, 2.45) is 11.3 Å². The third-order valence-corrected chi connectivity index (χ3v) is 2.08. The Kier molecular flexibility index (Phi) is 4.00. The molecule has 0 fully saturated rings. The van der Waals surface area contributed by atoms with Crippen molar-refractivity contribution in [1.82, 2.24) is 0 Å². The molecule has 0 aliphatic carbocycles. The Morgan fingerprint density at radius 1 is 1.20 bits per heavy atom. The molecule has 0 spiro atoms. The fourth-order valence-electron chi connectivity index (χ4n) is 0.884. The summed E-state index contributed by atoms with van der Waals surface area (Å²) in [5.74, 6) is 0.916. The highest BCUT2D eigenvalue weighted by molar-refractivity contribution is 4.63. The van der Waals surface area contributed by atoms with Crippen LogP contribution in [0.4, 0.5) is 0 Å². The van der Waals surface area contributed by atoms with Crippen LogP contribution in [0.3, 0.4) is 0 Å². The lowest BCUT2D eigenvalue weighted by atomic mass is 9.86. The largest absolute Gasteiger partial charge is 0.0651 e. The summed E-state index contributed by atoms with van der Waals surface area (Å²) in [6.07, 6.45) is 4.08. The van der Waals surface area contributed by atoms with Gasteiger partial charge in [0.05, 0.1) is 0 Å². The van der Waals surface area contributed by atoms with Crippen molar-refractivity contribution in [3.05, 3.63) is 0 Å². The average molecular weight is 142 g/mol. The molecule has 0 heteroatoms. The van der Waals surface area contributed by atoms with E-state index >= 15 is 0 Å². The molecule has 0 aliphatic rings. The van der Waals surface area contributed by atoms with Crippen molar-refractivity contribution in [2.75, 3.05) is 0 Å². The third kappa shape index (κ3) is 6.12. The molecule has 0 saturated heterocycles. The third-order valence-electron chi connectivity index (χ3n) is 2.08. The van der Waals surface area contributed by atoms with E-state index in [0.29, 0.717) is 5.41 Å². The van der Waals surface area contributed by atoms with E-state index in [9.17, 15) is 0 Å². The molecular weight excluding hydrogens is 120 g/mol. The molecule has 62 valence electrons. The fourth-order valence-corrected chi connectivity index (χ4v) is 0.884. The Morgan fingerprint density at radius 2 is 1.70 bits per heavy atom. The summed E-state index contributed by atoms with van der Waals surface area (Å²) in [6.45, 7) is 11.6. The van der Waals surface area contributed by atoms with Crippen molar-refractivity contribution in [2.45, 2.75) is 53.9 Å². The first-order valence-corrected chi connectivity index (χ1v) is 4.45. The van der Waals surface area contributed by atoms with Crippen molar-refractivity contribution in [1.29, 1.82) is 0 Å². The van der Waals surface area contributed by atoms with Gasteiger partial charge in [0.1, 0.15) is 0 Å². The molecule has 0 bridgehead atoms. The second-order valence-corrected chi connectivity index (χ2v) is 4.61. The van der Waals surface area contributed by atoms with Crippen molar-refractivity contribution in [3.63, 3.8) is 0 Å². The Bertz CT molecular complexity index is 76.5. The molecule has 0 rings (SSSR count). The SMILES string of the molecule is CC[C@H](C)CCC(C)(C)C. The molecule has 0 aliphatic heterocycles.